The molecule has 2 rings (SSSR count). The zero-order chi connectivity index (χ0) is 15.9. The van der Waals surface area contributed by atoms with Crippen molar-refractivity contribution in [1.82, 2.24) is 5.43 Å². The van der Waals surface area contributed by atoms with Crippen LogP contribution in [-0.4, -0.2) is 18.7 Å². The maximum absolute atomic E-state index is 13.3. The normalized spacial score (nSPS) is 10.7. The van der Waals surface area contributed by atoms with Crippen LogP contribution in [0.25, 0.3) is 0 Å². The molecule has 0 fully saturated rings. The second-order valence-corrected chi connectivity index (χ2v) is 5.00. The summed E-state index contributed by atoms with van der Waals surface area (Å²) >= 11 is 11.6. The molecule has 7 heteroatoms. The van der Waals surface area contributed by atoms with Gasteiger partial charge in [-0.05, 0) is 29.8 Å². The smallest absolute Gasteiger partial charge is 0.277 e. The zero-order valence-corrected chi connectivity index (χ0v) is 12.7. The lowest BCUT2D eigenvalue weighted by Crippen LogP contribution is -2.24. The summed E-state index contributed by atoms with van der Waals surface area (Å²) in [4.78, 5) is 11.5. The van der Waals surface area contributed by atoms with Gasteiger partial charge in [0.2, 0.25) is 0 Å². The molecule has 0 saturated heterocycles. The van der Waals surface area contributed by atoms with E-state index in [0.717, 1.165) is 0 Å². The van der Waals surface area contributed by atoms with Crippen LogP contribution < -0.4 is 10.2 Å². The molecule has 0 aliphatic heterocycles. The summed E-state index contributed by atoms with van der Waals surface area (Å²) in [5.74, 6) is -1.04. The minimum atomic E-state index is -0.533. The molecule has 2 aromatic rings. The standard InChI is InChI=1S/C15H11Cl2FN2O2/c16-11-6-5-10(7-12(11)17)8-19-20-15(21)9-22-14-4-2-1-3-13(14)18/h1-8H,9H2,(H,20,21)/b19-8-. The van der Waals surface area contributed by atoms with Crippen LogP contribution in [0, 0.1) is 5.82 Å². The van der Waals surface area contributed by atoms with E-state index < -0.39 is 11.7 Å². The third-order valence-corrected chi connectivity index (χ3v) is 3.28. The van der Waals surface area contributed by atoms with Crippen molar-refractivity contribution in [3.05, 3.63) is 63.9 Å². The largest absolute Gasteiger partial charge is 0.481 e. The summed E-state index contributed by atoms with van der Waals surface area (Å²) in [6.07, 6.45) is 1.41. The van der Waals surface area contributed by atoms with E-state index in [2.05, 4.69) is 10.5 Å². The number of hydrogen-bond donors (Lipinski definition) is 1. The van der Waals surface area contributed by atoms with Crippen molar-refractivity contribution < 1.29 is 13.9 Å². The molecule has 0 saturated carbocycles. The number of hydrazone groups is 1. The molecule has 2 aromatic carbocycles. The van der Waals surface area contributed by atoms with Crippen LogP contribution in [0.3, 0.4) is 0 Å². The van der Waals surface area contributed by atoms with Gasteiger partial charge in [0.15, 0.2) is 18.2 Å². The van der Waals surface area contributed by atoms with Gasteiger partial charge in [-0.25, -0.2) is 9.82 Å². The molecule has 1 amide bonds. The van der Waals surface area contributed by atoms with Gasteiger partial charge in [-0.3, -0.25) is 4.79 Å². The Labute approximate surface area is 136 Å². The van der Waals surface area contributed by atoms with E-state index >= 15 is 0 Å². The maximum atomic E-state index is 13.3. The molecule has 0 aliphatic rings. The second kappa shape index (κ2) is 7.77. The number of carbonyl (C=O) groups excluding carboxylic acids is 1. The van der Waals surface area contributed by atoms with Gasteiger partial charge < -0.3 is 4.74 Å². The van der Waals surface area contributed by atoms with Gasteiger partial charge in [0.1, 0.15) is 0 Å². The van der Waals surface area contributed by atoms with Gasteiger partial charge in [0, 0.05) is 0 Å². The topological polar surface area (TPSA) is 50.7 Å². The minimum absolute atomic E-state index is 0.00566. The third kappa shape index (κ3) is 4.72. The number of amides is 1. The summed E-state index contributed by atoms with van der Waals surface area (Å²) in [6.45, 7) is -0.348. The van der Waals surface area contributed by atoms with E-state index in [1.54, 1.807) is 24.3 Å². The lowest BCUT2D eigenvalue weighted by atomic mass is 10.2. The summed E-state index contributed by atoms with van der Waals surface area (Å²) < 4.78 is 18.3. The maximum Gasteiger partial charge on any atom is 0.277 e. The van der Waals surface area contributed by atoms with Crippen LogP contribution in [0.5, 0.6) is 5.75 Å². The van der Waals surface area contributed by atoms with Crippen molar-refractivity contribution in [3.8, 4) is 5.75 Å². The first-order chi connectivity index (χ1) is 10.6. The highest BCUT2D eigenvalue weighted by Crippen LogP contribution is 2.21. The number of para-hydroxylation sites is 1. The SMILES string of the molecule is O=C(COc1ccccc1F)N/N=C\c1ccc(Cl)c(Cl)c1. The number of nitrogens with one attached hydrogen (secondary N) is 1. The summed E-state index contributed by atoms with van der Waals surface area (Å²) in [5, 5.41) is 4.57. The monoisotopic (exact) mass is 340 g/mol. The molecule has 0 unspecified atom stereocenters. The fourth-order valence-electron chi connectivity index (χ4n) is 1.51. The van der Waals surface area contributed by atoms with Crippen molar-refractivity contribution in [1.29, 1.82) is 0 Å². The minimum Gasteiger partial charge on any atom is -0.481 e. The molecule has 4 nitrogen and oxygen atoms in total. The molecule has 22 heavy (non-hydrogen) atoms. The molecule has 1 N–H and O–H groups in total. The molecule has 0 heterocycles. The summed E-state index contributed by atoms with van der Waals surface area (Å²) in [7, 11) is 0. The van der Waals surface area contributed by atoms with Crippen LogP contribution in [0.1, 0.15) is 5.56 Å². The van der Waals surface area contributed by atoms with Gasteiger partial charge in [0.25, 0.3) is 5.91 Å². The molecular weight excluding hydrogens is 330 g/mol. The lowest BCUT2D eigenvalue weighted by molar-refractivity contribution is -0.123. The van der Waals surface area contributed by atoms with Gasteiger partial charge in [-0.2, -0.15) is 5.10 Å². The Morgan fingerprint density at radius 3 is 2.73 bits per heavy atom. The Hall–Kier alpha value is -2.11. The van der Waals surface area contributed by atoms with E-state index in [9.17, 15) is 9.18 Å². The fourth-order valence-corrected chi connectivity index (χ4v) is 1.82. The quantitative estimate of drug-likeness (QED) is 0.667. The Morgan fingerprint density at radius 2 is 2.00 bits per heavy atom. The predicted octanol–water partition coefficient (Wildman–Crippen LogP) is 3.66. The van der Waals surface area contributed by atoms with Gasteiger partial charge >= 0.3 is 0 Å². The zero-order valence-electron chi connectivity index (χ0n) is 11.2. The number of rotatable bonds is 5. The third-order valence-electron chi connectivity index (χ3n) is 2.54. The second-order valence-electron chi connectivity index (χ2n) is 4.19. The lowest BCUT2D eigenvalue weighted by Gasteiger charge is -2.05. The van der Waals surface area contributed by atoms with Crippen molar-refractivity contribution in [2.45, 2.75) is 0 Å². The highest BCUT2D eigenvalue weighted by molar-refractivity contribution is 6.42. The van der Waals surface area contributed by atoms with Gasteiger partial charge in [-0.15, -0.1) is 0 Å². The van der Waals surface area contributed by atoms with Crippen LogP contribution in [0.15, 0.2) is 47.6 Å². The van der Waals surface area contributed by atoms with Gasteiger partial charge in [0.05, 0.1) is 16.3 Å². The number of ether oxygens (including phenoxy) is 1. The van der Waals surface area contributed by atoms with Crippen LogP contribution >= 0.6 is 23.2 Å². The fraction of sp³-hybridized carbons (Fsp3) is 0.0667. The number of carbonyl (C=O) groups is 1. The van der Waals surface area contributed by atoms with Crippen molar-refractivity contribution >= 4 is 35.3 Å². The van der Waals surface area contributed by atoms with Crippen molar-refractivity contribution in [2.75, 3.05) is 6.61 Å². The van der Waals surface area contributed by atoms with E-state index in [1.165, 1.54) is 24.4 Å². The summed E-state index contributed by atoms with van der Waals surface area (Å²) in [6, 6.07) is 10.7. The number of hydrogen-bond acceptors (Lipinski definition) is 3. The molecule has 0 spiro atoms. The van der Waals surface area contributed by atoms with Crippen molar-refractivity contribution in [3.63, 3.8) is 0 Å². The summed E-state index contributed by atoms with van der Waals surface area (Å²) in [5.41, 5.74) is 2.93. The Bertz CT molecular complexity index is 708. The van der Waals surface area contributed by atoms with Crippen LogP contribution in [0.4, 0.5) is 4.39 Å². The Balaban J connectivity index is 1.83. The van der Waals surface area contributed by atoms with Crippen LogP contribution in [0.2, 0.25) is 10.0 Å². The highest BCUT2D eigenvalue weighted by atomic mass is 35.5. The molecule has 114 valence electrons. The average Bonchev–Trinajstić information content (AvgIpc) is 2.50. The average molecular weight is 341 g/mol. The van der Waals surface area contributed by atoms with E-state index in [0.29, 0.717) is 15.6 Å². The first-order valence-corrected chi connectivity index (χ1v) is 6.96. The van der Waals surface area contributed by atoms with Gasteiger partial charge in [-0.1, -0.05) is 41.4 Å². The molecule has 0 atom stereocenters. The Kier molecular flexibility index (Phi) is 5.75. The molecular formula is C15H11Cl2FN2O2. The number of nitrogens with zero attached hydrogens (tertiary/aromatic N) is 1. The number of halogens is 3. The first kappa shape index (κ1) is 16.3. The van der Waals surface area contributed by atoms with E-state index in [-0.39, 0.29) is 12.4 Å². The first-order valence-electron chi connectivity index (χ1n) is 6.20. The molecule has 0 bridgehead atoms. The molecule has 0 aromatic heterocycles. The Morgan fingerprint density at radius 1 is 1.23 bits per heavy atom. The van der Waals surface area contributed by atoms with Crippen LogP contribution in [-0.2, 0) is 4.79 Å². The number of benzene rings is 2. The molecule has 0 aliphatic carbocycles. The van der Waals surface area contributed by atoms with Crippen molar-refractivity contribution in [2.24, 2.45) is 5.10 Å². The molecule has 0 radical (unpaired) electrons. The van der Waals surface area contributed by atoms with E-state index in [1.807, 2.05) is 0 Å². The predicted molar refractivity (Wildman–Crippen MR) is 84.1 cm³/mol. The van der Waals surface area contributed by atoms with E-state index in [4.69, 9.17) is 27.9 Å². The highest BCUT2D eigenvalue weighted by Gasteiger charge is 2.05.